The number of aryl methyl sites for hydroxylation is 1. The first-order chi connectivity index (χ1) is 14.8. The fraction of sp³-hybridized carbons (Fsp3) is 0.364. The van der Waals surface area contributed by atoms with Gasteiger partial charge in [-0.05, 0) is 57.0 Å². The summed E-state index contributed by atoms with van der Waals surface area (Å²) < 4.78 is 33.1. The predicted octanol–water partition coefficient (Wildman–Crippen LogP) is 4.43. The molecule has 2 heterocycles. The van der Waals surface area contributed by atoms with E-state index < -0.39 is 15.3 Å². The summed E-state index contributed by atoms with van der Waals surface area (Å²) >= 11 is 1.19. The van der Waals surface area contributed by atoms with Gasteiger partial charge < -0.3 is 9.73 Å². The number of carbonyl (C=O) groups excluding carboxylic acids is 1. The molecule has 164 valence electrons. The molecular formula is C22H25N3O4S2. The number of piperidine rings is 1. The molecule has 1 atom stereocenters. The molecule has 9 heteroatoms. The molecule has 0 unspecified atom stereocenters. The first-order valence-corrected chi connectivity index (χ1v) is 12.6. The van der Waals surface area contributed by atoms with Crippen LogP contribution in [0.2, 0.25) is 0 Å². The van der Waals surface area contributed by atoms with Crippen molar-refractivity contribution in [2.75, 3.05) is 18.4 Å². The second-order valence-corrected chi connectivity index (χ2v) is 10.9. The average molecular weight is 460 g/mol. The van der Waals surface area contributed by atoms with Crippen LogP contribution in [0.25, 0.3) is 11.1 Å². The molecule has 0 spiro atoms. The van der Waals surface area contributed by atoms with Crippen LogP contribution in [-0.2, 0) is 14.8 Å². The van der Waals surface area contributed by atoms with Crippen molar-refractivity contribution in [1.82, 2.24) is 9.29 Å². The molecule has 1 aliphatic rings. The molecule has 31 heavy (non-hydrogen) atoms. The monoisotopic (exact) mass is 459 g/mol. The Bertz CT molecular complexity index is 1180. The van der Waals surface area contributed by atoms with Crippen LogP contribution in [0.15, 0.2) is 57.0 Å². The van der Waals surface area contributed by atoms with Crippen LogP contribution in [0.3, 0.4) is 0 Å². The highest BCUT2D eigenvalue weighted by Gasteiger charge is 2.27. The van der Waals surface area contributed by atoms with Crippen molar-refractivity contribution in [3.63, 3.8) is 0 Å². The van der Waals surface area contributed by atoms with E-state index in [2.05, 4.69) is 10.3 Å². The standard InChI is InChI=1S/C22H25N3O4S2/c1-15-6-8-17(9-7-15)23-21(26)16(2)30-22-24-19-14-18(10-11-20(19)29-22)31(27,28)25-12-4-3-5-13-25/h6-11,14,16H,3-5,12-13H2,1-2H3,(H,23,26)/t16-/m1/s1. The Labute approximate surface area is 186 Å². The maximum atomic E-state index is 12.9. The molecule has 0 saturated carbocycles. The van der Waals surface area contributed by atoms with E-state index in [1.54, 1.807) is 25.1 Å². The average Bonchev–Trinajstić information content (AvgIpc) is 3.17. The minimum Gasteiger partial charge on any atom is -0.431 e. The third-order valence-corrected chi connectivity index (χ3v) is 8.10. The number of fused-ring (bicyclic) bond motifs is 1. The summed E-state index contributed by atoms with van der Waals surface area (Å²) in [6, 6.07) is 12.3. The van der Waals surface area contributed by atoms with Crippen molar-refractivity contribution in [2.24, 2.45) is 0 Å². The number of anilines is 1. The zero-order valence-electron chi connectivity index (χ0n) is 17.5. The van der Waals surface area contributed by atoms with Gasteiger partial charge in [0, 0.05) is 18.8 Å². The van der Waals surface area contributed by atoms with Gasteiger partial charge in [0.15, 0.2) is 5.58 Å². The minimum absolute atomic E-state index is 0.163. The second-order valence-electron chi connectivity index (χ2n) is 7.69. The number of carbonyl (C=O) groups is 1. The Morgan fingerprint density at radius 2 is 1.84 bits per heavy atom. The third-order valence-electron chi connectivity index (χ3n) is 5.26. The molecule has 1 amide bonds. The highest BCUT2D eigenvalue weighted by Crippen LogP contribution is 2.30. The van der Waals surface area contributed by atoms with E-state index in [-0.39, 0.29) is 10.8 Å². The molecule has 1 aliphatic heterocycles. The number of benzene rings is 2. The van der Waals surface area contributed by atoms with E-state index in [9.17, 15) is 13.2 Å². The van der Waals surface area contributed by atoms with Crippen molar-refractivity contribution < 1.29 is 17.6 Å². The number of aromatic nitrogens is 1. The van der Waals surface area contributed by atoms with Crippen LogP contribution < -0.4 is 5.32 Å². The first kappa shape index (κ1) is 21.9. The first-order valence-electron chi connectivity index (χ1n) is 10.3. The molecule has 0 aliphatic carbocycles. The van der Waals surface area contributed by atoms with Crippen molar-refractivity contribution in [1.29, 1.82) is 0 Å². The molecule has 1 fully saturated rings. The number of thioether (sulfide) groups is 1. The van der Waals surface area contributed by atoms with E-state index in [0.717, 1.165) is 30.5 Å². The summed E-state index contributed by atoms with van der Waals surface area (Å²) in [7, 11) is -3.54. The van der Waals surface area contributed by atoms with Gasteiger partial charge >= 0.3 is 0 Å². The summed E-state index contributed by atoms with van der Waals surface area (Å²) in [6.45, 7) is 4.86. The fourth-order valence-electron chi connectivity index (χ4n) is 3.44. The number of hydrogen-bond donors (Lipinski definition) is 1. The van der Waals surface area contributed by atoms with Gasteiger partial charge in [0.2, 0.25) is 15.9 Å². The zero-order valence-corrected chi connectivity index (χ0v) is 19.1. The summed E-state index contributed by atoms with van der Waals surface area (Å²) in [5.74, 6) is -0.163. The van der Waals surface area contributed by atoms with Gasteiger partial charge in [-0.25, -0.2) is 13.4 Å². The van der Waals surface area contributed by atoms with Gasteiger partial charge in [-0.1, -0.05) is 35.9 Å². The number of oxazole rings is 1. The molecule has 0 bridgehead atoms. The Hall–Kier alpha value is -2.36. The number of nitrogens with one attached hydrogen (secondary N) is 1. The van der Waals surface area contributed by atoms with E-state index in [4.69, 9.17) is 4.42 Å². The summed E-state index contributed by atoms with van der Waals surface area (Å²) in [5, 5.41) is 2.76. The van der Waals surface area contributed by atoms with Gasteiger partial charge in [0.25, 0.3) is 5.22 Å². The van der Waals surface area contributed by atoms with Gasteiger partial charge in [-0.2, -0.15) is 4.31 Å². The Kier molecular flexibility index (Phi) is 6.36. The number of hydrogen-bond acceptors (Lipinski definition) is 6. The SMILES string of the molecule is Cc1ccc(NC(=O)[C@@H](C)Sc2nc3cc(S(=O)(=O)N4CCCCC4)ccc3o2)cc1. The van der Waals surface area contributed by atoms with Crippen molar-refractivity contribution in [3.8, 4) is 0 Å². The van der Waals surface area contributed by atoms with Gasteiger partial charge in [-0.3, -0.25) is 4.79 Å². The quantitative estimate of drug-likeness (QED) is 0.548. The van der Waals surface area contributed by atoms with Gasteiger partial charge in [0.05, 0.1) is 10.1 Å². The van der Waals surface area contributed by atoms with Crippen molar-refractivity contribution >= 4 is 44.5 Å². The van der Waals surface area contributed by atoms with Crippen LogP contribution in [0.4, 0.5) is 5.69 Å². The molecular weight excluding hydrogens is 434 g/mol. The van der Waals surface area contributed by atoms with Crippen LogP contribution in [0.1, 0.15) is 31.7 Å². The highest BCUT2D eigenvalue weighted by molar-refractivity contribution is 8.00. The Morgan fingerprint density at radius 1 is 1.13 bits per heavy atom. The number of amides is 1. The molecule has 4 rings (SSSR count). The Balaban J connectivity index is 1.47. The largest absolute Gasteiger partial charge is 0.431 e. The summed E-state index contributed by atoms with van der Waals surface area (Å²) in [4.78, 5) is 17.1. The van der Waals surface area contributed by atoms with Crippen LogP contribution >= 0.6 is 11.8 Å². The van der Waals surface area contributed by atoms with Crippen LogP contribution in [0, 0.1) is 6.92 Å². The van der Waals surface area contributed by atoms with E-state index in [1.807, 2.05) is 31.2 Å². The van der Waals surface area contributed by atoms with Gasteiger partial charge in [0.1, 0.15) is 5.52 Å². The van der Waals surface area contributed by atoms with E-state index in [1.165, 1.54) is 16.1 Å². The fourth-order valence-corrected chi connectivity index (χ4v) is 5.73. The lowest BCUT2D eigenvalue weighted by Crippen LogP contribution is -2.35. The molecule has 3 aromatic rings. The predicted molar refractivity (Wildman–Crippen MR) is 122 cm³/mol. The number of sulfonamides is 1. The minimum atomic E-state index is -3.54. The lowest BCUT2D eigenvalue weighted by molar-refractivity contribution is -0.115. The lowest BCUT2D eigenvalue weighted by atomic mass is 10.2. The number of nitrogens with zero attached hydrogens (tertiary/aromatic N) is 2. The van der Waals surface area contributed by atoms with Crippen molar-refractivity contribution in [3.05, 3.63) is 48.0 Å². The molecule has 1 saturated heterocycles. The summed E-state index contributed by atoms with van der Waals surface area (Å²) in [5.41, 5.74) is 2.81. The third kappa shape index (κ3) is 4.94. The molecule has 0 radical (unpaired) electrons. The van der Waals surface area contributed by atoms with E-state index >= 15 is 0 Å². The van der Waals surface area contributed by atoms with E-state index in [0.29, 0.717) is 29.4 Å². The topological polar surface area (TPSA) is 92.5 Å². The smallest absolute Gasteiger partial charge is 0.257 e. The Morgan fingerprint density at radius 3 is 2.55 bits per heavy atom. The van der Waals surface area contributed by atoms with Gasteiger partial charge in [-0.15, -0.1) is 0 Å². The zero-order chi connectivity index (χ0) is 22.0. The second kappa shape index (κ2) is 9.02. The normalized spacial score (nSPS) is 16.3. The lowest BCUT2D eigenvalue weighted by Gasteiger charge is -2.25. The van der Waals surface area contributed by atoms with Crippen LogP contribution in [-0.4, -0.2) is 42.0 Å². The molecule has 1 aromatic heterocycles. The molecule has 7 nitrogen and oxygen atoms in total. The van der Waals surface area contributed by atoms with Crippen molar-refractivity contribution in [2.45, 2.75) is 48.5 Å². The molecule has 1 N–H and O–H groups in total. The molecule has 2 aromatic carbocycles. The number of rotatable bonds is 6. The highest BCUT2D eigenvalue weighted by atomic mass is 32.2. The summed E-state index contributed by atoms with van der Waals surface area (Å²) in [6.07, 6.45) is 2.83. The maximum absolute atomic E-state index is 12.9. The maximum Gasteiger partial charge on any atom is 0.257 e. The van der Waals surface area contributed by atoms with Crippen LogP contribution in [0.5, 0.6) is 0 Å².